The predicted octanol–water partition coefficient (Wildman–Crippen LogP) is 3.13. The molecule has 1 N–H and O–H groups in total. The Morgan fingerprint density at radius 2 is 2.12 bits per heavy atom. The molecule has 80 valence electrons. The fourth-order valence-corrected chi connectivity index (χ4v) is 2.00. The summed E-state index contributed by atoms with van der Waals surface area (Å²) in [6.45, 7) is -0.140. The van der Waals surface area contributed by atoms with Gasteiger partial charge in [0.1, 0.15) is 11.1 Å². The van der Waals surface area contributed by atoms with Crippen molar-refractivity contribution in [3.8, 4) is 0 Å². The lowest BCUT2D eigenvalue weighted by Gasteiger charge is -1.98. The summed E-state index contributed by atoms with van der Waals surface area (Å²) < 4.78 is 5.62. The van der Waals surface area contributed by atoms with Crippen LogP contribution in [0, 0.1) is 0 Å². The molecule has 0 radical (unpaired) electrons. The zero-order valence-corrected chi connectivity index (χ0v) is 9.03. The van der Waals surface area contributed by atoms with E-state index in [1.807, 2.05) is 24.3 Å². The van der Waals surface area contributed by atoms with Crippen molar-refractivity contribution in [2.75, 3.05) is 0 Å². The van der Waals surface area contributed by atoms with Crippen molar-refractivity contribution < 1.29 is 9.52 Å². The van der Waals surface area contributed by atoms with Gasteiger partial charge in [0.05, 0.1) is 11.6 Å². The maximum Gasteiger partial charge on any atom is 0.172 e. The number of rotatable bonds is 1. The van der Waals surface area contributed by atoms with Gasteiger partial charge in [-0.3, -0.25) is 4.98 Å². The van der Waals surface area contributed by atoms with Gasteiger partial charge in [0, 0.05) is 17.1 Å². The number of hydrogen-bond acceptors (Lipinski definition) is 3. The van der Waals surface area contributed by atoms with Gasteiger partial charge >= 0.3 is 0 Å². The minimum Gasteiger partial charge on any atom is -0.453 e. The third kappa shape index (κ3) is 1.22. The largest absolute Gasteiger partial charge is 0.453 e. The number of halogens is 1. The van der Waals surface area contributed by atoms with Gasteiger partial charge in [0.25, 0.3) is 0 Å². The standard InChI is InChI=1S/C12H8ClNO2/c13-10-7(6-15)5-14-11-8-3-1-2-4-9(8)16-12(10)11/h1-5,15H,6H2. The Bertz CT molecular complexity index is 675. The van der Waals surface area contributed by atoms with Crippen molar-refractivity contribution in [3.05, 3.63) is 41.0 Å². The summed E-state index contributed by atoms with van der Waals surface area (Å²) in [6, 6.07) is 7.62. The van der Waals surface area contributed by atoms with Crippen LogP contribution in [0.25, 0.3) is 22.1 Å². The average Bonchev–Trinajstić information content (AvgIpc) is 2.69. The average molecular weight is 234 g/mol. The first-order valence-corrected chi connectivity index (χ1v) is 5.24. The third-order valence-electron chi connectivity index (χ3n) is 2.57. The molecule has 0 saturated heterocycles. The zero-order valence-electron chi connectivity index (χ0n) is 8.27. The van der Waals surface area contributed by atoms with Gasteiger partial charge in [-0.25, -0.2) is 0 Å². The molecule has 0 aliphatic carbocycles. The first kappa shape index (κ1) is 9.63. The van der Waals surface area contributed by atoms with Crippen LogP contribution in [0.1, 0.15) is 5.56 Å². The van der Waals surface area contributed by atoms with Crippen molar-refractivity contribution in [2.45, 2.75) is 6.61 Å². The molecular formula is C12H8ClNO2. The van der Waals surface area contributed by atoms with Crippen LogP contribution in [-0.4, -0.2) is 10.1 Å². The number of aliphatic hydroxyl groups excluding tert-OH is 1. The number of aromatic nitrogens is 1. The van der Waals surface area contributed by atoms with Gasteiger partial charge in [-0.2, -0.15) is 0 Å². The van der Waals surface area contributed by atoms with E-state index in [9.17, 15) is 0 Å². The van der Waals surface area contributed by atoms with E-state index in [1.54, 1.807) is 6.20 Å². The summed E-state index contributed by atoms with van der Waals surface area (Å²) in [5.74, 6) is 0. The van der Waals surface area contributed by atoms with Crippen LogP contribution < -0.4 is 0 Å². The number of fused-ring (bicyclic) bond motifs is 3. The molecule has 2 heterocycles. The van der Waals surface area contributed by atoms with Crippen LogP contribution in [-0.2, 0) is 6.61 Å². The lowest BCUT2D eigenvalue weighted by atomic mass is 10.2. The van der Waals surface area contributed by atoms with Crippen molar-refractivity contribution >= 4 is 33.7 Å². The van der Waals surface area contributed by atoms with Crippen molar-refractivity contribution in [1.29, 1.82) is 0 Å². The highest BCUT2D eigenvalue weighted by Crippen LogP contribution is 2.33. The van der Waals surface area contributed by atoms with E-state index in [0.29, 0.717) is 16.2 Å². The minimum atomic E-state index is -0.140. The normalized spacial score (nSPS) is 11.4. The molecule has 1 aromatic carbocycles. The molecule has 0 fully saturated rings. The number of para-hydroxylation sites is 1. The second-order valence-electron chi connectivity index (χ2n) is 3.53. The monoisotopic (exact) mass is 233 g/mol. The molecular weight excluding hydrogens is 226 g/mol. The highest BCUT2D eigenvalue weighted by Gasteiger charge is 2.13. The van der Waals surface area contributed by atoms with Gasteiger partial charge in [-0.15, -0.1) is 0 Å². The number of hydrogen-bond donors (Lipinski definition) is 1. The van der Waals surface area contributed by atoms with E-state index < -0.39 is 0 Å². The van der Waals surface area contributed by atoms with E-state index in [0.717, 1.165) is 16.5 Å². The first-order valence-electron chi connectivity index (χ1n) is 4.86. The quantitative estimate of drug-likeness (QED) is 0.702. The molecule has 0 unspecified atom stereocenters. The molecule has 0 amide bonds. The van der Waals surface area contributed by atoms with Crippen LogP contribution in [0.2, 0.25) is 5.02 Å². The summed E-state index contributed by atoms with van der Waals surface area (Å²) >= 11 is 6.12. The lowest BCUT2D eigenvalue weighted by Crippen LogP contribution is -1.87. The smallest absolute Gasteiger partial charge is 0.172 e. The Hall–Kier alpha value is -1.58. The zero-order chi connectivity index (χ0) is 11.1. The number of pyridine rings is 1. The van der Waals surface area contributed by atoms with Crippen molar-refractivity contribution in [3.63, 3.8) is 0 Å². The number of nitrogens with zero attached hydrogens (tertiary/aromatic N) is 1. The Morgan fingerprint density at radius 3 is 2.94 bits per heavy atom. The number of benzene rings is 1. The highest BCUT2D eigenvalue weighted by molar-refractivity contribution is 6.36. The molecule has 0 spiro atoms. The molecule has 3 aromatic rings. The Morgan fingerprint density at radius 1 is 1.31 bits per heavy atom. The van der Waals surface area contributed by atoms with Crippen LogP contribution in [0.15, 0.2) is 34.9 Å². The summed E-state index contributed by atoms with van der Waals surface area (Å²) in [4.78, 5) is 4.26. The molecule has 0 aliphatic heterocycles. The van der Waals surface area contributed by atoms with Crippen LogP contribution >= 0.6 is 11.6 Å². The second-order valence-corrected chi connectivity index (χ2v) is 3.91. The molecule has 3 rings (SSSR count). The predicted molar refractivity (Wildman–Crippen MR) is 62.4 cm³/mol. The third-order valence-corrected chi connectivity index (χ3v) is 2.98. The molecule has 0 bridgehead atoms. The van der Waals surface area contributed by atoms with E-state index >= 15 is 0 Å². The van der Waals surface area contributed by atoms with E-state index in [2.05, 4.69) is 4.98 Å². The van der Waals surface area contributed by atoms with Crippen LogP contribution in [0.4, 0.5) is 0 Å². The van der Waals surface area contributed by atoms with Gasteiger partial charge < -0.3 is 9.52 Å². The molecule has 3 nitrogen and oxygen atoms in total. The molecule has 16 heavy (non-hydrogen) atoms. The Balaban J connectivity index is 2.49. The maximum absolute atomic E-state index is 9.09. The molecule has 4 heteroatoms. The number of aliphatic hydroxyl groups is 1. The van der Waals surface area contributed by atoms with E-state index in [4.69, 9.17) is 21.1 Å². The van der Waals surface area contributed by atoms with Crippen LogP contribution in [0.5, 0.6) is 0 Å². The van der Waals surface area contributed by atoms with Gasteiger partial charge in [0.15, 0.2) is 5.58 Å². The Kier molecular flexibility index (Phi) is 2.09. The fourth-order valence-electron chi connectivity index (χ4n) is 1.76. The first-order chi connectivity index (χ1) is 7.81. The molecule has 0 saturated carbocycles. The summed E-state index contributed by atoms with van der Waals surface area (Å²) in [7, 11) is 0. The van der Waals surface area contributed by atoms with E-state index in [1.165, 1.54) is 0 Å². The van der Waals surface area contributed by atoms with Gasteiger partial charge in [-0.05, 0) is 12.1 Å². The summed E-state index contributed by atoms with van der Waals surface area (Å²) in [5.41, 5.74) is 2.60. The topological polar surface area (TPSA) is 46.3 Å². The fraction of sp³-hybridized carbons (Fsp3) is 0.0833. The highest BCUT2D eigenvalue weighted by atomic mass is 35.5. The van der Waals surface area contributed by atoms with Crippen LogP contribution in [0.3, 0.4) is 0 Å². The summed E-state index contributed by atoms with van der Waals surface area (Å²) in [6.07, 6.45) is 1.58. The molecule has 0 aliphatic rings. The van der Waals surface area contributed by atoms with Gasteiger partial charge in [-0.1, -0.05) is 23.7 Å². The maximum atomic E-state index is 9.09. The minimum absolute atomic E-state index is 0.140. The van der Waals surface area contributed by atoms with Crippen molar-refractivity contribution in [1.82, 2.24) is 4.98 Å². The van der Waals surface area contributed by atoms with E-state index in [-0.39, 0.29) is 6.61 Å². The molecule has 2 aromatic heterocycles. The summed E-state index contributed by atoms with van der Waals surface area (Å²) in [5, 5.41) is 10.5. The second kappa shape index (κ2) is 3.47. The number of furan rings is 1. The van der Waals surface area contributed by atoms with Crippen molar-refractivity contribution in [2.24, 2.45) is 0 Å². The molecule has 0 atom stereocenters. The lowest BCUT2D eigenvalue weighted by molar-refractivity contribution is 0.281. The van der Waals surface area contributed by atoms with Gasteiger partial charge in [0.2, 0.25) is 0 Å². The Labute approximate surface area is 96.3 Å². The SMILES string of the molecule is OCc1cnc2c(oc3ccccc32)c1Cl.